The zero-order valence-corrected chi connectivity index (χ0v) is 14.9. The van der Waals surface area contributed by atoms with Gasteiger partial charge >= 0.3 is 5.97 Å². The van der Waals surface area contributed by atoms with Gasteiger partial charge in [-0.3, -0.25) is 4.79 Å². The van der Waals surface area contributed by atoms with Crippen LogP contribution in [0.4, 0.5) is 0 Å². The summed E-state index contributed by atoms with van der Waals surface area (Å²) < 4.78 is 16.8. The Balaban J connectivity index is 1.58. The summed E-state index contributed by atoms with van der Waals surface area (Å²) in [5.41, 5.74) is 1.25. The van der Waals surface area contributed by atoms with Crippen molar-refractivity contribution >= 4 is 33.8 Å². The molecular formula is C20H11BrO5. The second-order valence-corrected chi connectivity index (χ2v) is 6.44. The second kappa shape index (κ2) is 6.65. The molecule has 0 saturated carbocycles. The Morgan fingerprint density at radius 1 is 1.08 bits per heavy atom. The highest BCUT2D eigenvalue weighted by Crippen LogP contribution is 2.35. The van der Waals surface area contributed by atoms with Gasteiger partial charge in [-0.05, 0) is 48.0 Å². The Morgan fingerprint density at radius 3 is 2.73 bits per heavy atom. The monoisotopic (exact) mass is 410 g/mol. The standard InChI is InChI=1S/C20H11BrO5/c21-13-4-1-3-12(9-13)10-18-19(22)15-7-6-14(11-17(15)26-18)25-20(23)16-5-2-8-24-16/h1-11H. The molecule has 0 fully saturated rings. The molecule has 0 atom stereocenters. The third kappa shape index (κ3) is 3.19. The summed E-state index contributed by atoms with van der Waals surface area (Å²) in [6, 6.07) is 15.2. The molecule has 0 N–H and O–H groups in total. The Bertz CT molecular complexity index is 1030. The summed E-state index contributed by atoms with van der Waals surface area (Å²) in [6.07, 6.45) is 3.06. The van der Waals surface area contributed by atoms with Crippen LogP contribution in [0, 0.1) is 0 Å². The maximum absolute atomic E-state index is 12.5. The maximum atomic E-state index is 12.5. The summed E-state index contributed by atoms with van der Waals surface area (Å²) in [6.45, 7) is 0. The number of ketones is 1. The second-order valence-electron chi connectivity index (χ2n) is 5.52. The molecule has 3 aromatic rings. The van der Waals surface area contributed by atoms with Gasteiger partial charge in [0.2, 0.25) is 11.5 Å². The third-order valence-corrected chi connectivity index (χ3v) is 4.21. The van der Waals surface area contributed by atoms with Crippen LogP contribution in [0.3, 0.4) is 0 Å². The van der Waals surface area contributed by atoms with Crippen LogP contribution in [0.2, 0.25) is 0 Å². The van der Waals surface area contributed by atoms with Crippen molar-refractivity contribution < 1.29 is 23.5 Å². The Labute approximate surface area is 157 Å². The van der Waals surface area contributed by atoms with E-state index in [9.17, 15) is 9.59 Å². The van der Waals surface area contributed by atoms with Crippen molar-refractivity contribution in [3.8, 4) is 11.5 Å². The summed E-state index contributed by atoms with van der Waals surface area (Å²) in [5, 5.41) is 0. The van der Waals surface area contributed by atoms with Crippen LogP contribution >= 0.6 is 15.9 Å². The van der Waals surface area contributed by atoms with Gasteiger partial charge in [-0.15, -0.1) is 0 Å². The molecule has 0 saturated heterocycles. The van der Waals surface area contributed by atoms with Crippen molar-refractivity contribution in [2.45, 2.75) is 0 Å². The number of benzene rings is 2. The van der Waals surface area contributed by atoms with Gasteiger partial charge in [0.1, 0.15) is 11.5 Å². The van der Waals surface area contributed by atoms with Crippen molar-refractivity contribution in [3.05, 3.63) is 88.0 Å². The number of halogens is 1. The van der Waals surface area contributed by atoms with Gasteiger partial charge < -0.3 is 13.9 Å². The third-order valence-electron chi connectivity index (χ3n) is 3.72. The van der Waals surface area contributed by atoms with Crippen LogP contribution in [0.25, 0.3) is 6.08 Å². The van der Waals surface area contributed by atoms with Crippen molar-refractivity contribution in [1.29, 1.82) is 0 Å². The molecule has 5 nitrogen and oxygen atoms in total. The number of hydrogen-bond acceptors (Lipinski definition) is 5. The predicted molar refractivity (Wildman–Crippen MR) is 97.2 cm³/mol. The van der Waals surface area contributed by atoms with Crippen LogP contribution < -0.4 is 9.47 Å². The molecule has 1 aromatic heterocycles. The summed E-state index contributed by atoms with van der Waals surface area (Å²) in [4.78, 5) is 24.4. The number of hydrogen-bond donors (Lipinski definition) is 0. The topological polar surface area (TPSA) is 65.7 Å². The highest BCUT2D eigenvalue weighted by atomic mass is 79.9. The minimum Gasteiger partial charge on any atom is -0.457 e. The minimum absolute atomic E-state index is 0.0951. The van der Waals surface area contributed by atoms with E-state index in [4.69, 9.17) is 13.9 Å². The fourth-order valence-corrected chi connectivity index (χ4v) is 2.95. The number of carbonyl (C=O) groups is 2. The van der Waals surface area contributed by atoms with E-state index in [1.165, 1.54) is 18.4 Å². The molecule has 2 heterocycles. The number of furan rings is 1. The molecule has 1 aliphatic rings. The van der Waals surface area contributed by atoms with Crippen LogP contribution in [-0.2, 0) is 0 Å². The molecule has 128 valence electrons. The number of ether oxygens (including phenoxy) is 2. The minimum atomic E-state index is -0.621. The number of allylic oxidation sites excluding steroid dienone is 1. The highest BCUT2D eigenvalue weighted by molar-refractivity contribution is 9.10. The molecule has 6 heteroatoms. The quantitative estimate of drug-likeness (QED) is 0.349. The van der Waals surface area contributed by atoms with Crippen molar-refractivity contribution in [1.82, 2.24) is 0 Å². The fourth-order valence-electron chi connectivity index (χ4n) is 2.53. The molecule has 0 aliphatic carbocycles. The zero-order chi connectivity index (χ0) is 18.1. The van der Waals surface area contributed by atoms with Crippen LogP contribution in [0.15, 0.2) is 75.5 Å². The van der Waals surface area contributed by atoms with E-state index in [2.05, 4.69) is 15.9 Å². The van der Waals surface area contributed by atoms with E-state index in [-0.39, 0.29) is 23.1 Å². The van der Waals surface area contributed by atoms with Gasteiger partial charge in [-0.1, -0.05) is 28.1 Å². The lowest BCUT2D eigenvalue weighted by atomic mass is 10.1. The van der Waals surface area contributed by atoms with Gasteiger partial charge in [-0.25, -0.2) is 4.79 Å². The molecule has 2 aromatic carbocycles. The molecule has 4 rings (SSSR count). The average molecular weight is 411 g/mol. The first-order valence-electron chi connectivity index (χ1n) is 7.70. The zero-order valence-electron chi connectivity index (χ0n) is 13.3. The van der Waals surface area contributed by atoms with Gasteiger partial charge in [0.25, 0.3) is 0 Å². The average Bonchev–Trinajstić information content (AvgIpc) is 3.24. The lowest BCUT2D eigenvalue weighted by Gasteiger charge is -2.04. The molecule has 1 aliphatic heterocycles. The molecule has 26 heavy (non-hydrogen) atoms. The van der Waals surface area contributed by atoms with Gasteiger partial charge in [0.15, 0.2) is 5.76 Å². The summed E-state index contributed by atoms with van der Waals surface area (Å²) >= 11 is 3.39. The molecule has 0 spiro atoms. The van der Waals surface area contributed by atoms with Crippen LogP contribution in [-0.4, -0.2) is 11.8 Å². The number of Topliss-reactive ketones (excluding diaryl/α,β-unsaturated/α-hetero) is 1. The number of carbonyl (C=O) groups excluding carboxylic acids is 2. The Morgan fingerprint density at radius 2 is 1.96 bits per heavy atom. The lowest BCUT2D eigenvalue weighted by Crippen LogP contribution is -2.07. The van der Waals surface area contributed by atoms with E-state index in [1.807, 2.05) is 24.3 Å². The Hall–Kier alpha value is -3.12. The van der Waals surface area contributed by atoms with E-state index in [1.54, 1.807) is 24.3 Å². The molecular weight excluding hydrogens is 400 g/mol. The normalized spacial score (nSPS) is 14.2. The van der Waals surface area contributed by atoms with E-state index >= 15 is 0 Å². The maximum Gasteiger partial charge on any atom is 0.379 e. The number of fused-ring (bicyclic) bond motifs is 1. The largest absolute Gasteiger partial charge is 0.457 e. The molecule has 0 radical (unpaired) electrons. The van der Waals surface area contributed by atoms with E-state index in [0.717, 1.165) is 10.0 Å². The SMILES string of the molecule is O=C(Oc1ccc2c(c1)OC(=Cc1cccc(Br)c1)C2=O)c1ccco1. The number of esters is 1. The van der Waals surface area contributed by atoms with Gasteiger partial charge in [-0.2, -0.15) is 0 Å². The van der Waals surface area contributed by atoms with E-state index < -0.39 is 5.97 Å². The molecule has 0 bridgehead atoms. The van der Waals surface area contributed by atoms with Crippen molar-refractivity contribution in [2.24, 2.45) is 0 Å². The summed E-state index contributed by atoms with van der Waals surface area (Å²) in [7, 11) is 0. The van der Waals surface area contributed by atoms with Crippen LogP contribution in [0.5, 0.6) is 11.5 Å². The fraction of sp³-hybridized carbons (Fsp3) is 0. The van der Waals surface area contributed by atoms with E-state index in [0.29, 0.717) is 11.3 Å². The highest BCUT2D eigenvalue weighted by Gasteiger charge is 2.28. The lowest BCUT2D eigenvalue weighted by molar-refractivity contribution is 0.0701. The smallest absolute Gasteiger partial charge is 0.379 e. The molecule has 0 unspecified atom stereocenters. The number of rotatable bonds is 3. The van der Waals surface area contributed by atoms with Crippen molar-refractivity contribution in [3.63, 3.8) is 0 Å². The van der Waals surface area contributed by atoms with Gasteiger partial charge in [0, 0.05) is 10.5 Å². The first-order chi connectivity index (χ1) is 12.6. The van der Waals surface area contributed by atoms with Gasteiger partial charge in [0.05, 0.1) is 11.8 Å². The summed E-state index contributed by atoms with van der Waals surface area (Å²) in [5.74, 6) is 0.0843. The predicted octanol–water partition coefficient (Wildman–Crippen LogP) is 4.88. The first kappa shape index (κ1) is 16.4. The van der Waals surface area contributed by atoms with Crippen LogP contribution in [0.1, 0.15) is 26.5 Å². The first-order valence-corrected chi connectivity index (χ1v) is 8.49. The molecule has 0 amide bonds. The van der Waals surface area contributed by atoms with Crippen molar-refractivity contribution in [2.75, 3.05) is 0 Å². The Kier molecular flexibility index (Phi) is 4.18.